The Morgan fingerprint density at radius 3 is 2.58 bits per heavy atom. The summed E-state index contributed by atoms with van der Waals surface area (Å²) in [5, 5.41) is 11.6. The highest BCUT2D eigenvalue weighted by Crippen LogP contribution is 2.31. The van der Waals surface area contributed by atoms with E-state index in [9.17, 15) is 9.59 Å². The van der Waals surface area contributed by atoms with Gasteiger partial charge in [-0.15, -0.1) is 11.3 Å². The number of thiophene rings is 1. The predicted molar refractivity (Wildman–Crippen MR) is 141 cm³/mol. The van der Waals surface area contributed by atoms with Crippen molar-refractivity contribution in [2.45, 2.75) is 57.0 Å². The number of nitrogens with one attached hydrogen (secondary N) is 2. The van der Waals surface area contributed by atoms with Crippen LogP contribution in [0.1, 0.15) is 54.8 Å². The maximum absolute atomic E-state index is 12.5. The lowest BCUT2D eigenvalue weighted by Crippen LogP contribution is -2.43. The van der Waals surface area contributed by atoms with E-state index in [1.54, 1.807) is 0 Å². The highest BCUT2D eigenvalue weighted by molar-refractivity contribution is 7.13. The molecule has 4 rings (SSSR count). The van der Waals surface area contributed by atoms with E-state index in [-0.39, 0.29) is 30.8 Å². The molecule has 9 heteroatoms. The molecule has 3 aromatic rings. The number of hydrogen-bond donors (Lipinski definition) is 2. The van der Waals surface area contributed by atoms with Crippen molar-refractivity contribution in [3.8, 4) is 10.7 Å². The van der Waals surface area contributed by atoms with Gasteiger partial charge in [0.2, 0.25) is 11.7 Å². The Kier molecular flexibility index (Phi) is 9.24. The summed E-state index contributed by atoms with van der Waals surface area (Å²) in [4.78, 5) is 32.0. The van der Waals surface area contributed by atoms with Crippen molar-refractivity contribution in [1.29, 1.82) is 0 Å². The standard InChI is InChI=1S/C27H35N5O3S/c1-32(2)22(15-10-19-7-4-3-5-8-19)20-11-13-21(14-12-20)29-24(33)16-17-28-26(34)27-30-25(31-35-27)23-9-6-18-36-23/h3-9,18,20-22H,10-17H2,1-2H3,(H,28,34)(H,29,33). The Bertz CT molecular complexity index is 1090. The van der Waals surface area contributed by atoms with Gasteiger partial charge in [-0.1, -0.05) is 41.6 Å². The molecule has 0 spiro atoms. The maximum Gasteiger partial charge on any atom is 0.316 e. The summed E-state index contributed by atoms with van der Waals surface area (Å²) >= 11 is 1.47. The molecular formula is C27H35N5O3S. The van der Waals surface area contributed by atoms with Gasteiger partial charge in [0.1, 0.15) is 0 Å². The number of rotatable bonds is 11. The van der Waals surface area contributed by atoms with Crippen molar-refractivity contribution < 1.29 is 14.1 Å². The minimum atomic E-state index is -0.469. The first-order valence-corrected chi connectivity index (χ1v) is 13.5. The number of nitrogens with zero attached hydrogens (tertiary/aromatic N) is 3. The fourth-order valence-corrected chi connectivity index (χ4v) is 5.66. The number of aryl methyl sites for hydroxylation is 1. The van der Waals surface area contributed by atoms with Crippen molar-refractivity contribution in [2.75, 3.05) is 20.6 Å². The van der Waals surface area contributed by atoms with Gasteiger partial charge in [-0.25, -0.2) is 0 Å². The molecule has 1 aliphatic carbocycles. The van der Waals surface area contributed by atoms with Gasteiger partial charge in [-0.05, 0) is 75.5 Å². The molecule has 1 atom stereocenters. The lowest BCUT2D eigenvalue weighted by atomic mass is 9.79. The Labute approximate surface area is 216 Å². The summed E-state index contributed by atoms with van der Waals surface area (Å²) in [7, 11) is 4.35. The molecule has 0 saturated heterocycles. The van der Waals surface area contributed by atoms with Gasteiger partial charge < -0.3 is 20.1 Å². The second-order valence-corrected chi connectivity index (χ2v) is 10.6. The summed E-state index contributed by atoms with van der Waals surface area (Å²) in [6, 6.07) is 15.2. The Morgan fingerprint density at radius 2 is 1.89 bits per heavy atom. The van der Waals surface area contributed by atoms with E-state index < -0.39 is 5.91 Å². The van der Waals surface area contributed by atoms with E-state index in [2.05, 4.69) is 70.1 Å². The minimum absolute atomic E-state index is 0.0446. The lowest BCUT2D eigenvalue weighted by molar-refractivity contribution is -0.122. The highest BCUT2D eigenvalue weighted by atomic mass is 32.1. The first kappa shape index (κ1) is 26.0. The summed E-state index contributed by atoms with van der Waals surface area (Å²) in [6.45, 7) is 0.221. The summed E-state index contributed by atoms with van der Waals surface area (Å²) in [5.74, 6) is 0.421. The third-order valence-electron chi connectivity index (χ3n) is 6.92. The van der Waals surface area contributed by atoms with Gasteiger partial charge in [0.05, 0.1) is 4.88 Å². The first-order chi connectivity index (χ1) is 17.5. The number of carbonyl (C=O) groups is 2. The number of aromatic nitrogens is 2. The van der Waals surface area contributed by atoms with E-state index in [1.165, 1.54) is 16.9 Å². The van der Waals surface area contributed by atoms with Crippen LogP contribution in [0.4, 0.5) is 0 Å². The third-order valence-corrected chi connectivity index (χ3v) is 7.78. The van der Waals surface area contributed by atoms with E-state index in [4.69, 9.17) is 4.52 Å². The molecule has 2 heterocycles. The quantitative estimate of drug-likeness (QED) is 0.403. The maximum atomic E-state index is 12.5. The zero-order valence-corrected chi connectivity index (χ0v) is 21.8. The van der Waals surface area contributed by atoms with Crippen molar-refractivity contribution >= 4 is 23.2 Å². The van der Waals surface area contributed by atoms with Gasteiger partial charge in [-0.3, -0.25) is 9.59 Å². The molecule has 1 saturated carbocycles. The van der Waals surface area contributed by atoms with E-state index >= 15 is 0 Å². The molecular weight excluding hydrogens is 474 g/mol. The number of amides is 2. The number of carbonyl (C=O) groups excluding carboxylic acids is 2. The molecule has 0 bridgehead atoms. The zero-order chi connectivity index (χ0) is 25.3. The molecule has 1 aliphatic rings. The third kappa shape index (κ3) is 7.24. The van der Waals surface area contributed by atoms with Gasteiger partial charge in [0.25, 0.3) is 0 Å². The number of hydrogen-bond acceptors (Lipinski definition) is 7. The zero-order valence-electron chi connectivity index (χ0n) is 21.0. The Hall–Kier alpha value is -3.04. The number of benzene rings is 1. The average Bonchev–Trinajstić information content (AvgIpc) is 3.58. The molecule has 1 unspecified atom stereocenters. The van der Waals surface area contributed by atoms with Gasteiger partial charge >= 0.3 is 11.8 Å². The topological polar surface area (TPSA) is 100 Å². The molecule has 192 valence electrons. The van der Waals surface area contributed by atoms with Crippen LogP contribution in [0.2, 0.25) is 0 Å². The normalized spacial score (nSPS) is 18.6. The van der Waals surface area contributed by atoms with Crippen LogP contribution in [-0.2, 0) is 11.2 Å². The lowest BCUT2D eigenvalue weighted by Gasteiger charge is -2.37. The van der Waals surface area contributed by atoms with E-state index in [1.807, 2.05) is 17.5 Å². The molecule has 2 amide bonds. The molecule has 1 fully saturated rings. The van der Waals surface area contributed by atoms with Crippen LogP contribution in [0.5, 0.6) is 0 Å². The fourth-order valence-electron chi connectivity index (χ4n) is 5.01. The fraction of sp³-hybridized carbons (Fsp3) is 0.481. The largest absolute Gasteiger partial charge is 0.353 e. The van der Waals surface area contributed by atoms with Crippen LogP contribution in [0, 0.1) is 5.92 Å². The van der Waals surface area contributed by atoms with Crippen molar-refractivity contribution in [2.24, 2.45) is 5.92 Å². The van der Waals surface area contributed by atoms with Crippen molar-refractivity contribution in [3.05, 3.63) is 59.3 Å². The molecule has 36 heavy (non-hydrogen) atoms. The molecule has 2 N–H and O–H groups in total. The van der Waals surface area contributed by atoms with Crippen LogP contribution in [0.25, 0.3) is 10.7 Å². The monoisotopic (exact) mass is 509 g/mol. The molecule has 1 aromatic carbocycles. The van der Waals surface area contributed by atoms with Crippen LogP contribution in [-0.4, -0.2) is 59.6 Å². The van der Waals surface area contributed by atoms with Crippen molar-refractivity contribution in [3.63, 3.8) is 0 Å². The summed E-state index contributed by atoms with van der Waals surface area (Å²) in [6.07, 6.45) is 6.66. The second-order valence-electron chi connectivity index (χ2n) is 9.64. The predicted octanol–water partition coefficient (Wildman–Crippen LogP) is 4.16. The van der Waals surface area contributed by atoms with Gasteiger partial charge in [0, 0.05) is 25.0 Å². The molecule has 0 aliphatic heterocycles. The van der Waals surface area contributed by atoms with Crippen LogP contribution in [0.3, 0.4) is 0 Å². The van der Waals surface area contributed by atoms with Crippen LogP contribution >= 0.6 is 11.3 Å². The highest BCUT2D eigenvalue weighted by Gasteiger charge is 2.29. The van der Waals surface area contributed by atoms with E-state index in [0.29, 0.717) is 17.8 Å². The van der Waals surface area contributed by atoms with Crippen LogP contribution < -0.4 is 10.6 Å². The summed E-state index contributed by atoms with van der Waals surface area (Å²) in [5.41, 5.74) is 1.39. The second kappa shape index (κ2) is 12.8. The SMILES string of the molecule is CN(C)C(CCc1ccccc1)C1CCC(NC(=O)CCNC(=O)c2nc(-c3cccs3)no2)CC1. The smallest absolute Gasteiger partial charge is 0.316 e. The first-order valence-electron chi connectivity index (χ1n) is 12.6. The minimum Gasteiger partial charge on any atom is -0.353 e. The van der Waals surface area contributed by atoms with Gasteiger partial charge in [-0.2, -0.15) is 4.98 Å². The molecule has 2 aromatic heterocycles. The van der Waals surface area contributed by atoms with E-state index in [0.717, 1.165) is 43.4 Å². The van der Waals surface area contributed by atoms with Gasteiger partial charge in [0.15, 0.2) is 0 Å². The Morgan fingerprint density at radius 1 is 1.11 bits per heavy atom. The Balaban J connectivity index is 1.15. The van der Waals surface area contributed by atoms with Crippen LogP contribution in [0.15, 0.2) is 52.4 Å². The molecule has 8 nitrogen and oxygen atoms in total. The average molecular weight is 510 g/mol. The summed E-state index contributed by atoms with van der Waals surface area (Å²) < 4.78 is 5.05. The van der Waals surface area contributed by atoms with Crippen molar-refractivity contribution in [1.82, 2.24) is 25.7 Å². The molecule has 0 radical (unpaired) electrons.